The molecule has 0 radical (unpaired) electrons. The van der Waals surface area contributed by atoms with Crippen LogP contribution in [0, 0.1) is 11.8 Å². The van der Waals surface area contributed by atoms with Crippen molar-refractivity contribution >= 4 is 9.84 Å². The van der Waals surface area contributed by atoms with Crippen LogP contribution >= 0.6 is 0 Å². The predicted molar refractivity (Wildman–Crippen MR) is 56.6 cm³/mol. The molecule has 0 spiro atoms. The molecule has 0 unspecified atom stereocenters. The Morgan fingerprint density at radius 2 is 1.86 bits per heavy atom. The molecule has 0 aliphatic rings. The first kappa shape index (κ1) is 10.8. The van der Waals surface area contributed by atoms with E-state index in [1.165, 1.54) is 0 Å². The second-order valence-electron chi connectivity index (χ2n) is 2.81. The van der Waals surface area contributed by atoms with Crippen LogP contribution in [0.4, 0.5) is 0 Å². The third kappa shape index (κ3) is 2.90. The monoisotopic (exact) mass is 208 g/mol. The molecule has 0 saturated heterocycles. The van der Waals surface area contributed by atoms with Gasteiger partial charge < -0.3 is 0 Å². The number of hydrogen-bond donors (Lipinski definition) is 0. The van der Waals surface area contributed by atoms with Gasteiger partial charge in [-0.2, -0.15) is 0 Å². The minimum Gasteiger partial charge on any atom is -0.224 e. The minimum atomic E-state index is -3.14. The molecule has 0 amide bonds. The van der Waals surface area contributed by atoms with Crippen molar-refractivity contribution in [3.63, 3.8) is 0 Å². The topological polar surface area (TPSA) is 34.1 Å². The molecule has 2 nitrogen and oxygen atoms in total. The number of sulfone groups is 1. The molecule has 1 rings (SSSR count). The minimum absolute atomic E-state index is 0.0951. The van der Waals surface area contributed by atoms with E-state index in [-0.39, 0.29) is 5.75 Å². The second kappa shape index (κ2) is 4.83. The SMILES string of the molecule is CC#CCCS(=O)(=O)c1ccccc1. The second-order valence-corrected chi connectivity index (χ2v) is 4.92. The highest BCUT2D eigenvalue weighted by Crippen LogP contribution is 2.10. The van der Waals surface area contributed by atoms with Crippen LogP contribution in [-0.2, 0) is 9.84 Å². The summed E-state index contributed by atoms with van der Waals surface area (Å²) in [6.45, 7) is 1.70. The Bertz CT molecular complexity index is 435. The zero-order valence-corrected chi connectivity index (χ0v) is 8.84. The lowest BCUT2D eigenvalue weighted by Crippen LogP contribution is -2.05. The molecule has 0 atom stereocenters. The van der Waals surface area contributed by atoms with Gasteiger partial charge in [0.2, 0.25) is 0 Å². The Kier molecular flexibility index (Phi) is 3.73. The van der Waals surface area contributed by atoms with Crippen molar-refractivity contribution < 1.29 is 8.42 Å². The van der Waals surface area contributed by atoms with Crippen LogP contribution in [0.2, 0.25) is 0 Å². The molecule has 1 aromatic carbocycles. The lowest BCUT2D eigenvalue weighted by Gasteiger charge is -2.00. The van der Waals surface area contributed by atoms with Crippen molar-refractivity contribution in [1.29, 1.82) is 0 Å². The average Bonchev–Trinajstić information content (AvgIpc) is 2.19. The van der Waals surface area contributed by atoms with E-state index in [2.05, 4.69) is 11.8 Å². The molecule has 14 heavy (non-hydrogen) atoms. The summed E-state index contributed by atoms with van der Waals surface area (Å²) in [4.78, 5) is 0.373. The van der Waals surface area contributed by atoms with Crippen molar-refractivity contribution in [3.05, 3.63) is 30.3 Å². The summed E-state index contributed by atoms with van der Waals surface area (Å²) in [5.74, 6) is 5.52. The van der Waals surface area contributed by atoms with Crippen molar-refractivity contribution in [2.75, 3.05) is 5.75 Å². The molecule has 0 fully saturated rings. The van der Waals surface area contributed by atoms with Gasteiger partial charge in [0, 0.05) is 6.42 Å². The van der Waals surface area contributed by atoms with Crippen LogP contribution in [0.5, 0.6) is 0 Å². The molecule has 0 N–H and O–H groups in total. The largest absolute Gasteiger partial charge is 0.224 e. The Morgan fingerprint density at radius 3 is 2.43 bits per heavy atom. The van der Waals surface area contributed by atoms with Gasteiger partial charge in [-0.15, -0.1) is 11.8 Å². The lowest BCUT2D eigenvalue weighted by atomic mass is 10.4. The van der Waals surface area contributed by atoms with Gasteiger partial charge in [-0.1, -0.05) is 18.2 Å². The van der Waals surface area contributed by atoms with Gasteiger partial charge in [0.05, 0.1) is 10.6 Å². The molecule has 0 aromatic heterocycles. The summed E-state index contributed by atoms with van der Waals surface area (Å²) in [6.07, 6.45) is 0.397. The molecular weight excluding hydrogens is 196 g/mol. The van der Waals surface area contributed by atoms with Crippen molar-refractivity contribution in [1.82, 2.24) is 0 Å². The quantitative estimate of drug-likeness (QED) is 0.711. The van der Waals surface area contributed by atoms with Gasteiger partial charge >= 0.3 is 0 Å². The van der Waals surface area contributed by atoms with Crippen LogP contribution in [0.25, 0.3) is 0 Å². The zero-order valence-electron chi connectivity index (χ0n) is 8.03. The van der Waals surface area contributed by atoms with Gasteiger partial charge in [0.25, 0.3) is 0 Å². The highest BCUT2D eigenvalue weighted by atomic mass is 32.2. The van der Waals surface area contributed by atoms with E-state index < -0.39 is 9.84 Å². The first-order valence-electron chi connectivity index (χ1n) is 4.34. The van der Waals surface area contributed by atoms with Crippen LogP contribution in [0.15, 0.2) is 35.2 Å². The third-order valence-electron chi connectivity index (χ3n) is 1.77. The van der Waals surface area contributed by atoms with Crippen molar-refractivity contribution in [2.45, 2.75) is 18.2 Å². The van der Waals surface area contributed by atoms with Gasteiger partial charge in [-0.05, 0) is 19.1 Å². The molecule has 0 aliphatic heterocycles. The number of hydrogen-bond acceptors (Lipinski definition) is 2. The lowest BCUT2D eigenvalue weighted by molar-refractivity contribution is 0.596. The number of benzene rings is 1. The van der Waals surface area contributed by atoms with Crippen LogP contribution in [0.3, 0.4) is 0 Å². The van der Waals surface area contributed by atoms with E-state index >= 15 is 0 Å². The summed E-state index contributed by atoms with van der Waals surface area (Å²) in [5, 5.41) is 0. The van der Waals surface area contributed by atoms with E-state index in [0.717, 1.165) is 0 Å². The van der Waals surface area contributed by atoms with Crippen molar-refractivity contribution in [2.24, 2.45) is 0 Å². The maximum Gasteiger partial charge on any atom is 0.179 e. The Morgan fingerprint density at radius 1 is 1.21 bits per heavy atom. The molecule has 0 heterocycles. The molecule has 74 valence electrons. The van der Waals surface area contributed by atoms with Gasteiger partial charge in [0.1, 0.15) is 0 Å². The first-order valence-corrected chi connectivity index (χ1v) is 5.99. The molecule has 3 heteroatoms. The number of rotatable bonds is 3. The highest BCUT2D eigenvalue weighted by Gasteiger charge is 2.11. The van der Waals surface area contributed by atoms with E-state index in [4.69, 9.17) is 0 Å². The Labute approximate surface area is 84.9 Å². The first-order chi connectivity index (χ1) is 6.67. The standard InChI is InChI=1S/C11H12O2S/c1-2-3-7-10-14(12,13)11-8-5-4-6-9-11/h4-6,8-9H,7,10H2,1H3. The maximum atomic E-state index is 11.6. The predicted octanol–water partition coefficient (Wildman–Crippen LogP) is 1.87. The Hall–Kier alpha value is -1.27. The molecule has 0 aliphatic carbocycles. The normalized spacial score (nSPS) is 10.4. The fourth-order valence-corrected chi connectivity index (χ4v) is 2.23. The Balaban J connectivity index is 2.80. The van der Waals surface area contributed by atoms with Crippen LogP contribution < -0.4 is 0 Å². The maximum absolute atomic E-state index is 11.6. The molecule has 0 bridgehead atoms. The average molecular weight is 208 g/mol. The summed E-state index contributed by atoms with van der Waals surface area (Å²) < 4.78 is 23.3. The van der Waals surface area contributed by atoms with Gasteiger partial charge in [-0.3, -0.25) is 0 Å². The van der Waals surface area contributed by atoms with Gasteiger partial charge in [0.15, 0.2) is 9.84 Å². The zero-order chi connectivity index (χ0) is 10.4. The smallest absolute Gasteiger partial charge is 0.179 e. The van der Waals surface area contributed by atoms with E-state index in [1.54, 1.807) is 37.3 Å². The summed E-state index contributed by atoms with van der Waals surface area (Å²) in [6, 6.07) is 8.45. The molecular formula is C11H12O2S. The molecule has 0 saturated carbocycles. The third-order valence-corrected chi connectivity index (χ3v) is 3.51. The summed E-state index contributed by atoms with van der Waals surface area (Å²) in [7, 11) is -3.14. The van der Waals surface area contributed by atoms with Gasteiger partial charge in [-0.25, -0.2) is 8.42 Å². The van der Waals surface area contributed by atoms with E-state index in [9.17, 15) is 8.42 Å². The molecule has 1 aromatic rings. The fourth-order valence-electron chi connectivity index (χ4n) is 1.06. The summed E-state index contributed by atoms with van der Waals surface area (Å²) >= 11 is 0. The highest BCUT2D eigenvalue weighted by molar-refractivity contribution is 7.91. The van der Waals surface area contributed by atoms with E-state index in [0.29, 0.717) is 11.3 Å². The fraction of sp³-hybridized carbons (Fsp3) is 0.273. The van der Waals surface area contributed by atoms with E-state index in [1.807, 2.05) is 0 Å². The summed E-state index contributed by atoms with van der Waals surface area (Å²) in [5.41, 5.74) is 0. The van der Waals surface area contributed by atoms with Crippen LogP contribution in [-0.4, -0.2) is 14.2 Å². The van der Waals surface area contributed by atoms with Crippen LogP contribution in [0.1, 0.15) is 13.3 Å². The van der Waals surface area contributed by atoms with Crippen molar-refractivity contribution in [3.8, 4) is 11.8 Å².